The van der Waals surface area contributed by atoms with E-state index in [1.54, 1.807) is 23.6 Å². The number of fused-ring (bicyclic) bond motifs is 1. The Morgan fingerprint density at radius 2 is 1.79 bits per heavy atom. The van der Waals surface area contributed by atoms with Gasteiger partial charge >= 0.3 is 5.97 Å². The van der Waals surface area contributed by atoms with Crippen LogP contribution in [0.3, 0.4) is 0 Å². The van der Waals surface area contributed by atoms with Crippen LogP contribution in [0.5, 0.6) is 0 Å². The van der Waals surface area contributed by atoms with E-state index < -0.39 is 12.1 Å². The summed E-state index contributed by atoms with van der Waals surface area (Å²) in [6.45, 7) is 1.68. The van der Waals surface area contributed by atoms with Crippen LogP contribution in [0, 0.1) is 6.92 Å². The predicted molar refractivity (Wildman–Crippen MR) is 106 cm³/mol. The lowest BCUT2D eigenvalue weighted by Gasteiger charge is -2.16. The SMILES string of the molecule is Cc1nc2cc(-c3cccc(Cl)c3)nn2c(-c2ccccc2)c1C(O)C(=O)O. The van der Waals surface area contributed by atoms with Gasteiger partial charge in [0.1, 0.15) is 0 Å². The topological polar surface area (TPSA) is 87.7 Å². The second-order valence-electron chi connectivity index (χ2n) is 6.38. The van der Waals surface area contributed by atoms with E-state index in [1.165, 1.54) is 0 Å². The number of hydrogen-bond acceptors (Lipinski definition) is 4. The van der Waals surface area contributed by atoms with Crippen molar-refractivity contribution >= 4 is 23.2 Å². The molecule has 0 aliphatic carbocycles. The summed E-state index contributed by atoms with van der Waals surface area (Å²) in [6, 6.07) is 18.3. The molecule has 0 bridgehead atoms. The fourth-order valence-electron chi connectivity index (χ4n) is 3.25. The zero-order valence-corrected chi connectivity index (χ0v) is 15.6. The average molecular weight is 394 g/mol. The van der Waals surface area contributed by atoms with Crippen molar-refractivity contribution in [3.8, 4) is 22.5 Å². The molecule has 0 aliphatic heterocycles. The van der Waals surface area contributed by atoms with Crippen LogP contribution in [-0.2, 0) is 4.79 Å². The normalized spacial score (nSPS) is 12.2. The van der Waals surface area contributed by atoms with Gasteiger partial charge in [0.2, 0.25) is 0 Å². The fraction of sp³-hybridized carbons (Fsp3) is 0.0952. The van der Waals surface area contributed by atoms with Crippen molar-refractivity contribution in [1.82, 2.24) is 14.6 Å². The van der Waals surface area contributed by atoms with E-state index in [2.05, 4.69) is 10.1 Å². The van der Waals surface area contributed by atoms with Gasteiger partial charge in [0.25, 0.3) is 0 Å². The van der Waals surface area contributed by atoms with Crippen LogP contribution in [-0.4, -0.2) is 30.8 Å². The quantitative estimate of drug-likeness (QED) is 0.544. The lowest BCUT2D eigenvalue weighted by Crippen LogP contribution is -2.16. The minimum atomic E-state index is -1.72. The summed E-state index contributed by atoms with van der Waals surface area (Å²) < 4.78 is 1.57. The molecule has 140 valence electrons. The molecule has 6 nitrogen and oxygen atoms in total. The monoisotopic (exact) mass is 393 g/mol. The number of carboxylic acids is 1. The molecule has 1 unspecified atom stereocenters. The Balaban J connectivity index is 2.05. The van der Waals surface area contributed by atoms with Gasteiger partial charge in [-0.2, -0.15) is 5.10 Å². The van der Waals surface area contributed by atoms with Crippen LogP contribution in [0.4, 0.5) is 0 Å². The standard InChI is InChI=1S/C21H16ClN3O3/c1-12-18(20(26)21(27)28)19(13-6-3-2-4-7-13)25-17(23-12)11-16(24-25)14-8-5-9-15(22)10-14/h2-11,20,26H,1H3,(H,27,28). The van der Waals surface area contributed by atoms with E-state index in [9.17, 15) is 15.0 Å². The van der Waals surface area contributed by atoms with E-state index in [4.69, 9.17) is 11.6 Å². The van der Waals surface area contributed by atoms with Crippen LogP contribution >= 0.6 is 11.6 Å². The van der Waals surface area contributed by atoms with E-state index in [-0.39, 0.29) is 5.56 Å². The van der Waals surface area contributed by atoms with Crippen molar-refractivity contribution in [2.24, 2.45) is 0 Å². The van der Waals surface area contributed by atoms with E-state index in [0.717, 1.165) is 11.1 Å². The molecule has 2 aromatic carbocycles. The van der Waals surface area contributed by atoms with Gasteiger partial charge in [0.05, 0.1) is 11.4 Å². The Labute approximate surface area is 165 Å². The summed E-state index contributed by atoms with van der Waals surface area (Å²) in [4.78, 5) is 16.0. The molecule has 2 aromatic heterocycles. The largest absolute Gasteiger partial charge is 0.479 e. The van der Waals surface area contributed by atoms with Gasteiger partial charge in [0, 0.05) is 33.5 Å². The zero-order chi connectivity index (χ0) is 19.8. The molecule has 7 heteroatoms. The minimum absolute atomic E-state index is 0.215. The molecule has 0 aliphatic rings. The average Bonchev–Trinajstić information content (AvgIpc) is 3.10. The molecule has 2 heterocycles. The lowest BCUT2D eigenvalue weighted by atomic mass is 10.00. The third-order valence-corrected chi connectivity index (χ3v) is 4.74. The number of aliphatic hydroxyl groups excluding tert-OH is 1. The van der Waals surface area contributed by atoms with Crippen LogP contribution in [0.25, 0.3) is 28.2 Å². The molecule has 4 rings (SSSR count). The molecule has 1 atom stereocenters. The van der Waals surface area contributed by atoms with E-state index in [1.807, 2.05) is 48.5 Å². The Morgan fingerprint density at radius 1 is 1.07 bits per heavy atom. The summed E-state index contributed by atoms with van der Waals surface area (Å²) >= 11 is 6.10. The number of carboxylic acid groups (broad SMARTS) is 1. The molecule has 0 fully saturated rings. The maximum Gasteiger partial charge on any atom is 0.337 e. The van der Waals surface area contributed by atoms with Crippen molar-refractivity contribution in [2.45, 2.75) is 13.0 Å². The van der Waals surface area contributed by atoms with Gasteiger partial charge in [-0.3, -0.25) is 0 Å². The number of benzene rings is 2. The Kier molecular flexibility index (Phi) is 4.58. The number of hydrogen-bond donors (Lipinski definition) is 2. The molecule has 0 saturated carbocycles. The molecule has 0 saturated heterocycles. The second-order valence-corrected chi connectivity index (χ2v) is 6.81. The number of aliphatic carboxylic acids is 1. The number of halogens is 1. The first kappa shape index (κ1) is 18.2. The van der Waals surface area contributed by atoms with Crippen LogP contribution in [0.1, 0.15) is 17.4 Å². The lowest BCUT2D eigenvalue weighted by molar-refractivity contribution is -0.147. The van der Waals surface area contributed by atoms with Crippen molar-refractivity contribution < 1.29 is 15.0 Å². The number of aliphatic hydroxyl groups is 1. The zero-order valence-electron chi connectivity index (χ0n) is 14.9. The molecule has 2 N–H and O–H groups in total. The summed E-state index contributed by atoms with van der Waals surface area (Å²) in [5.74, 6) is -1.34. The third-order valence-electron chi connectivity index (χ3n) is 4.50. The van der Waals surface area contributed by atoms with Crippen LogP contribution in [0.15, 0.2) is 60.7 Å². The summed E-state index contributed by atoms with van der Waals surface area (Å²) in [5.41, 5.74) is 3.88. The second kappa shape index (κ2) is 7.07. The Bertz CT molecular complexity index is 1190. The molecule has 0 spiro atoms. The van der Waals surface area contributed by atoms with Crippen LogP contribution < -0.4 is 0 Å². The first-order chi connectivity index (χ1) is 13.5. The summed E-state index contributed by atoms with van der Waals surface area (Å²) in [6.07, 6.45) is -1.72. The molecule has 0 amide bonds. The van der Waals surface area contributed by atoms with E-state index in [0.29, 0.717) is 27.8 Å². The summed E-state index contributed by atoms with van der Waals surface area (Å²) in [5, 5.41) is 25.0. The number of rotatable bonds is 4. The number of aryl methyl sites for hydroxylation is 1. The van der Waals surface area contributed by atoms with Gasteiger partial charge in [0.15, 0.2) is 11.8 Å². The smallest absolute Gasteiger partial charge is 0.337 e. The third kappa shape index (κ3) is 3.13. The first-order valence-electron chi connectivity index (χ1n) is 8.58. The Hall–Kier alpha value is -3.22. The summed E-state index contributed by atoms with van der Waals surface area (Å²) in [7, 11) is 0. The van der Waals surface area contributed by atoms with Gasteiger partial charge in [-0.15, -0.1) is 0 Å². The molecular weight excluding hydrogens is 378 g/mol. The van der Waals surface area contributed by atoms with Crippen molar-refractivity contribution in [2.75, 3.05) is 0 Å². The molecule has 28 heavy (non-hydrogen) atoms. The maximum absolute atomic E-state index is 11.5. The van der Waals surface area contributed by atoms with Crippen molar-refractivity contribution in [1.29, 1.82) is 0 Å². The highest BCUT2D eigenvalue weighted by molar-refractivity contribution is 6.30. The molecule has 4 aromatic rings. The highest BCUT2D eigenvalue weighted by Crippen LogP contribution is 2.33. The van der Waals surface area contributed by atoms with Crippen molar-refractivity contribution in [3.05, 3.63) is 76.9 Å². The van der Waals surface area contributed by atoms with Gasteiger partial charge in [-0.25, -0.2) is 14.3 Å². The highest BCUT2D eigenvalue weighted by atomic mass is 35.5. The fourth-order valence-corrected chi connectivity index (χ4v) is 3.44. The maximum atomic E-state index is 11.5. The molecule has 0 radical (unpaired) electrons. The number of nitrogens with zero attached hydrogens (tertiary/aromatic N) is 3. The van der Waals surface area contributed by atoms with Gasteiger partial charge < -0.3 is 10.2 Å². The molecular formula is C21H16ClN3O3. The number of carbonyl (C=O) groups is 1. The number of aromatic nitrogens is 3. The highest BCUT2D eigenvalue weighted by Gasteiger charge is 2.26. The minimum Gasteiger partial charge on any atom is -0.479 e. The Morgan fingerprint density at radius 3 is 2.46 bits per heavy atom. The predicted octanol–water partition coefficient (Wildman–Crippen LogP) is 4.14. The van der Waals surface area contributed by atoms with Gasteiger partial charge in [-0.1, -0.05) is 54.1 Å². The van der Waals surface area contributed by atoms with E-state index >= 15 is 0 Å². The van der Waals surface area contributed by atoms with Crippen LogP contribution in [0.2, 0.25) is 5.02 Å². The van der Waals surface area contributed by atoms with Crippen molar-refractivity contribution in [3.63, 3.8) is 0 Å². The van der Waals surface area contributed by atoms with Gasteiger partial charge in [-0.05, 0) is 19.1 Å². The first-order valence-corrected chi connectivity index (χ1v) is 8.96.